The summed E-state index contributed by atoms with van der Waals surface area (Å²) in [6.07, 6.45) is 1.22. The molecule has 3 N–H and O–H groups in total. The number of hydrogen-bond donors (Lipinski definition) is 3. The number of nitrogens with zero attached hydrogens (tertiary/aromatic N) is 1. The van der Waals surface area contributed by atoms with Crippen LogP contribution in [0.4, 0.5) is 5.69 Å². The summed E-state index contributed by atoms with van der Waals surface area (Å²) in [6, 6.07) is 6.94. The van der Waals surface area contributed by atoms with Crippen LogP contribution >= 0.6 is 0 Å². The van der Waals surface area contributed by atoms with Crippen LogP contribution in [-0.2, 0) is 0 Å². The van der Waals surface area contributed by atoms with Crippen molar-refractivity contribution in [2.75, 3.05) is 12.4 Å². The van der Waals surface area contributed by atoms with Gasteiger partial charge in [0.25, 0.3) is 5.91 Å². The van der Waals surface area contributed by atoms with Gasteiger partial charge in [0, 0.05) is 0 Å². The highest BCUT2D eigenvalue weighted by molar-refractivity contribution is 6.06. The third-order valence-corrected chi connectivity index (χ3v) is 2.69. The highest BCUT2D eigenvalue weighted by Crippen LogP contribution is 2.23. The Kier molecular flexibility index (Phi) is 4.03. The number of aromatic carboxylic acids is 1. The zero-order valence-electron chi connectivity index (χ0n) is 11.0. The molecule has 0 bridgehead atoms. The molecule has 0 unspecified atom stereocenters. The fourth-order valence-electron chi connectivity index (χ4n) is 1.62. The molecule has 1 aromatic carbocycles. The average Bonchev–Trinajstić information content (AvgIpc) is 2.48. The molecule has 0 fully saturated rings. The van der Waals surface area contributed by atoms with Crippen molar-refractivity contribution in [3.63, 3.8) is 0 Å². The highest BCUT2D eigenvalue weighted by atomic mass is 16.5. The molecule has 0 saturated heterocycles. The van der Waals surface area contributed by atoms with Crippen molar-refractivity contribution in [3.8, 4) is 11.5 Å². The molecule has 7 nitrogen and oxygen atoms in total. The maximum atomic E-state index is 12.1. The second-order valence-electron chi connectivity index (χ2n) is 4.07. The molecule has 0 aliphatic carbocycles. The molecule has 0 saturated carbocycles. The molecular formula is C14H12N2O5. The van der Waals surface area contributed by atoms with E-state index in [0.29, 0.717) is 11.4 Å². The number of carbonyl (C=O) groups excluding carboxylic acids is 1. The number of carboxylic acid groups (broad SMARTS) is 1. The maximum absolute atomic E-state index is 12.1. The van der Waals surface area contributed by atoms with Crippen LogP contribution in [0.5, 0.6) is 11.5 Å². The van der Waals surface area contributed by atoms with Gasteiger partial charge in [-0.25, -0.2) is 9.78 Å². The average molecular weight is 288 g/mol. The Morgan fingerprint density at radius 3 is 2.57 bits per heavy atom. The number of ether oxygens (including phenoxy) is 1. The van der Waals surface area contributed by atoms with Gasteiger partial charge in [0.2, 0.25) is 0 Å². The van der Waals surface area contributed by atoms with E-state index in [0.717, 1.165) is 0 Å². The molecule has 1 amide bonds. The number of carbonyl (C=O) groups is 2. The Labute approximate surface area is 119 Å². The number of rotatable bonds is 4. The van der Waals surface area contributed by atoms with E-state index in [1.165, 1.54) is 43.6 Å². The van der Waals surface area contributed by atoms with Gasteiger partial charge in [-0.2, -0.15) is 0 Å². The standard InChI is InChI=1S/C14H12N2O5/c1-21-9-3-5-12(17)10(6-9)13(18)16-8-2-4-11(14(19)20)15-7-8/h2-7,17H,1H3,(H,16,18)(H,19,20). The summed E-state index contributed by atoms with van der Waals surface area (Å²) in [5, 5.41) is 20.9. The summed E-state index contributed by atoms with van der Waals surface area (Å²) in [6.45, 7) is 0. The molecule has 1 heterocycles. The van der Waals surface area contributed by atoms with E-state index in [9.17, 15) is 14.7 Å². The predicted molar refractivity (Wildman–Crippen MR) is 73.8 cm³/mol. The van der Waals surface area contributed by atoms with Gasteiger partial charge in [0.05, 0.1) is 24.6 Å². The van der Waals surface area contributed by atoms with Crippen molar-refractivity contribution in [2.45, 2.75) is 0 Å². The summed E-state index contributed by atoms with van der Waals surface area (Å²) in [7, 11) is 1.45. The molecule has 21 heavy (non-hydrogen) atoms. The second kappa shape index (κ2) is 5.91. The topological polar surface area (TPSA) is 109 Å². The third kappa shape index (κ3) is 3.27. The Balaban J connectivity index is 2.19. The lowest BCUT2D eigenvalue weighted by Gasteiger charge is -2.08. The Morgan fingerprint density at radius 1 is 1.24 bits per heavy atom. The van der Waals surface area contributed by atoms with Crippen LogP contribution in [0.25, 0.3) is 0 Å². The van der Waals surface area contributed by atoms with Crippen molar-refractivity contribution in [1.82, 2.24) is 4.98 Å². The van der Waals surface area contributed by atoms with Crippen molar-refractivity contribution >= 4 is 17.6 Å². The van der Waals surface area contributed by atoms with Gasteiger partial charge >= 0.3 is 5.97 Å². The second-order valence-corrected chi connectivity index (χ2v) is 4.07. The molecule has 0 aliphatic heterocycles. The third-order valence-electron chi connectivity index (χ3n) is 2.69. The number of methoxy groups -OCH3 is 1. The number of pyridine rings is 1. The fraction of sp³-hybridized carbons (Fsp3) is 0.0714. The van der Waals surface area contributed by atoms with Gasteiger partial charge in [-0.05, 0) is 30.3 Å². The van der Waals surface area contributed by atoms with Gasteiger partial charge < -0.3 is 20.3 Å². The number of aromatic hydroxyl groups is 1. The highest BCUT2D eigenvalue weighted by Gasteiger charge is 2.13. The zero-order valence-corrected chi connectivity index (χ0v) is 11.0. The van der Waals surface area contributed by atoms with Crippen LogP contribution in [-0.4, -0.2) is 34.2 Å². The molecule has 2 rings (SSSR count). The Bertz CT molecular complexity index is 682. The SMILES string of the molecule is COc1ccc(O)c(C(=O)Nc2ccc(C(=O)O)nc2)c1. The van der Waals surface area contributed by atoms with Crippen LogP contribution in [0, 0.1) is 0 Å². The number of amides is 1. The van der Waals surface area contributed by atoms with Crippen LogP contribution < -0.4 is 10.1 Å². The fourth-order valence-corrected chi connectivity index (χ4v) is 1.62. The molecule has 1 aromatic heterocycles. The molecule has 7 heteroatoms. The first-order chi connectivity index (χ1) is 10.0. The minimum absolute atomic E-state index is 0.0386. The number of aromatic nitrogens is 1. The molecule has 0 spiro atoms. The van der Waals surface area contributed by atoms with Crippen molar-refractivity contribution in [2.24, 2.45) is 0 Å². The number of hydrogen-bond acceptors (Lipinski definition) is 5. The summed E-state index contributed by atoms with van der Waals surface area (Å²) in [4.78, 5) is 26.4. The maximum Gasteiger partial charge on any atom is 0.354 e. The zero-order chi connectivity index (χ0) is 15.4. The largest absolute Gasteiger partial charge is 0.507 e. The van der Waals surface area contributed by atoms with E-state index in [4.69, 9.17) is 9.84 Å². The first-order valence-electron chi connectivity index (χ1n) is 5.89. The molecule has 2 aromatic rings. The van der Waals surface area contributed by atoms with E-state index >= 15 is 0 Å². The lowest BCUT2D eigenvalue weighted by Crippen LogP contribution is -2.13. The number of carboxylic acids is 1. The number of phenolic OH excluding ortho intramolecular Hbond substituents is 1. The number of phenols is 1. The number of anilines is 1. The molecule has 0 aliphatic rings. The van der Waals surface area contributed by atoms with Crippen molar-refractivity contribution in [1.29, 1.82) is 0 Å². The van der Waals surface area contributed by atoms with E-state index < -0.39 is 11.9 Å². The van der Waals surface area contributed by atoms with E-state index in [1.807, 2.05) is 0 Å². The van der Waals surface area contributed by atoms with Gasteiger partial charge in [0.15, 0.2) is 0 Å². The van der Waals surface area contributed by atoms with Crippen LogP contribution in [0.3, 0.4) is 0 Å². The first kappa shape index (κ1) is 14.3. The Hall–Kier alpha value is -3.09. The summed E-state index contributed by atoms with van der Waals surface area (Å²) in [5.41, 5.74) is 0.223. The van der Waals surface area contributed by atoms with E-state index in [-0.39, 0.29) is 17.0 Å². The first-order valence-corrected chi connectivity index (χ1v) is 5.89. The predicted octanol–water partition coefficient (Wildman–Crippen LogP) is 1.75. The van der Waals surface area contributed by atoms with Crippen LogP contribution in [0.1, 0.15) is 20.8 Å². The normalized spacial score (nSPS) is 9.95. The number of nitrogens with one attached hydrogen (secondary N) is 1. The van der Waals surface area contributed by atoms with Gasteiger partial charge in [-0.15, -0.1) is 0 Å². The Morgan fingerprint density at radius 2 is 2.00 bits per heavy atom. The van der Waals surface area contributed by atoms with Gasteiger partial charge in [-0.3, -0.25) is 4.79 Å². The summed E-state index contributed by atoms with van der Waals surface area (Å²) in [5.74, 6) is -1.48. The molecule has 108 valence electrons. The van der Waals surface area contributed by atoms with Crippen molar-refractivity contribution < 1.29 is 24.5 Å². The smallest absolute Gasteiger partial charge is 0.354 e. The van der Waals surface area contributed by atoms with Crippen LogP contribution in [0.15, 0.2) is 36.5 Å². The van der Waals surface area contributed by atoms with Crippen LogP contribution in [0.2, 0.25) is 0 Å². The lowest BCUT2D eigenvalue weighted by atomic mass is 10.1. The molecular weight excluding hydrogens is 276 g/mol. The van der Waals surface area contributed by atoms with Gasteiger partial charge in [-0.1, -0.05) is 0 Å². The minimum atomic E-state index is -1.15. The molecule has 0 atom stereocenters. The van der Waals surface area contributed by atoms with Gasteiger partial charge in [0.1, 0.15) is 17.2 Å². The van der Waals surface area contributed by atoms with E-state index in [2.05, 4.69) is 10.3 Å². The summed E-state index contributed by atoms with van der Waals surface area (Å²) < 4.78 is 4.98. The lowest BCUT2D eigenvalue weighted by molar-refractivity contribution is 0.0690. The van der Waals surface area contributed by atoms with Crippen molar-refractivity contribution in [3.05, 3.63) is 47.8 Å². The summed E-state index contributed by atoms with van der Waals surface area (Å²) >= 11 is 0. The monoisotopic (exact) mass is 288 g/mol. The minimum Gasteiger partial charge on any atom is -0.507 e. The quantitative estimate of drug-likeness (QED) is 0.790. The van der Waals surface area contributed by atoms with E-state index in [1.54, 1.807) is 0 Å². The molecule has 0 radical (unpaired) electrons. The number of benzene rings is 1.